The van der Waals surface area contributed by atoms with Crippen molar-refractivity contribution in [3.05, 3.63) is 35.4 Å². The first-order valence-electron chi connectivity index (χ1n) is 6.57. The molecule has 0 radical (unpaired) electrons. The number of nitrogens with zero attached hydrogens (tertiary/aromatic N) is 1. The van der Waals surface area contributed by atoms with Gasteiger partial charge in [0.2, 0.25) is 0 Å². The molecule has 0 unspecified atom stereocenters. The quantitative estimate of drug-likeness (QED) is 0.867. The van der Waals surface area contributed by atoms with Crippen molar-refractivity contribution in [2.75, 3.05) is 14.1 Å². The maximum absolute atomic E-state index is 9.51. The maximum atomic E-state index is 9.51. The summed E-state index contributed by atoms with van der Waals surface area (Å²) in [7, 11) is 4.19. The average Bonchev–Trinajstić information content (AvgIpc) is 2.30. The summed E-state index contributed by atoms with van der Waals surface area (Å²) < 4.78 is 0. The Hall–Kier alpha value is -0.860. The van der Waals surface area contributed by atoms with Crippen LogP contribution in [0.25, 0.3) is 0 Å². The van der Waals surface area contributed by atoms with Crippen LogP contribution in [0.1, 0.15) is 42.7 Å². The predicted octanol–water partition coefficient (Wildman–Crippen LogP) is 2.77. The molecule has 2 rings (SSSR count). The molecule has 0 bridgehead atoms. The van der Waals surface area contributed by atoms with Gasteiger partial charge in [0, 0.05) is 6.54 Å². The third-order valence-electron chi connectivity index (χ3n) is 3.65. The van der Waals surface area contributed by atoms with Crippen molar-refractivity contribution in [3.63, 3.8) is 0 Å². The molecule has 0 saturated heterocycles. The summed E-state index contributed by atoms with van der Waals surface area (Å²) in [4.78, 5) is 2.19. The van der Waals surface area contributed by atoms with Gasteiger partial charge in [0.1, 0.15) is 0 Å². The average molecular weight is 233 g/mol. The van der Waals surface area contributed by atoms with E-state index in [9.17, 15) is 5.11 Å². The van der Waals surface area contributed by atoms with Gasteiger partial charge in [-0.15, -0.1) is 0 Å². The van der Waals surface area contributed by atoms with Crippen LogP contribution < -0.4 is 0 Å². The highest BCUT2D eigenvalue weighted by atomic mass is 16.3. The molecular weight excluding hydrogens is 210 g/mol. The lowest BCUT2D eigenvalue weighted by Crippen LogP contribution is -2.17. The third-order valence-corrected chi connectivity index (χ3v) is 3.65. The van der Waals surface area contributed by atoms with Gasteiger partial charge in [-0.2, -0.15) is 0 Å². The summed E-state index contributed by atoms with van der Waals surface area (Å²) >= 11 is 0. The molecule has 1 aliphatic rings. The van der Waals surface area contributed by atoms with Crippen molar-refractivity contribution >= 4 is 0 Å². The topological polar surface area (TPSA) is 23.5 Å². The second kappa shape index (κ2) is 5.65. The molecule has 0 aliphatic heterocycles. The number of hydrogen-bond donors (Lipinski definition) is 1. The summed E-state index contributed by atoms with van der Waals surface area (Å²) in [6, 6.07) is 9.00. The number of hydrogen-bond acceptors (Lipinski definition) is 2. The lowest BCUT2D eigenvalue weighted by molar-refractivity contribution is 0.122. The van der Waals surface area contributed by atoms with Gasteiger partial charge in [0.15, 0.2) is 0 Å². The van der Waals surface area contributed by atoms with Crippen molar-refractivity contribution in [3.8, 4) is 0 Å². The van der Waals surface area contributed by atoms with Gasteiger partial charge < -0.3 is 10.0 Å². The first-order chi connectivity index (χ1) is 8.15. The molecule has 1 aromatic rings. The van der Waals surface area contributed by atoms with E-state index in [0.29, 0.717) is 5.92 Å². The fraction of sp³-hybridized carbons (Fsp3) is 0.600. The number of aliphatic hydroxyl groups excluding tert-OH is 1. The van der Waals surface area contributed by atoms with E-state index in [0.717, 1.165) is 32.2 Å². The first-order valence-corrected chi connectivity index (χ1v) is 6.57. The number of rotatable bonds is 3. The standard InChI is InChI=1S/C15H23NO/c1-16(2)11-12-3-5-13(6-4-12)14-7-9-15(17)10-8-14/h3-6,14-15,17H,7-11H2,1-2H3. The molecule has 1 saturated carbocycles. The van der Waals surface area contributed by atoms with E-state index < -0.39 is 0 Å². The van der Waals surface area contributed by atoms with Gasteiger partial charge in [-0.3, -0.25) is 0 Å². The summed E-state index contributed by atoms with van der Waals surface area (Å²) in [6.07, 6.45) is 4.13. The maximum Gasteiger partial charge on any atom is 0.0540 e. The molecule has 0 aromatic heterocycles. The minimum atomic E-state index is -0.0562. The summed E-state index contributed by atoms with van der Waals surface area (Å²) in [5.41, 5.74) is 2.81. The summed E-state index contributed by atoms with van der Waals surface area (Å²) in [5.74, 6) is 0.659. The Kier molecular flexibility index (Phi) is 4.19. The highest BCUT2D eigenvalue weighted by molar-refractivity contribution is 5.25. The van der Waals surface area contributed by atoms with Crippen LogP contribution >= 0.6 is 0 Å². The van der Waals surface area contributed by atoms with Crippen molar-refractivity contribution in [1.82, 2.24) is 4.90 Å². The molecule has 2 heteroatoms. The van der Waals surface area contributed by atoms with E-state index in [1.165, 1.54) is 11.1 Å². The molecule has 0 amide bonds. The van der Waals surface area contributed by atoms with Gasteiger partial charge >= 0.3 is 0 Å². The number of benzene rings is 1. The van der Waals surface area contributed by atoms with E-state index in [1.54, 1.807) is 0 Å². The van der Waals surface area contributed by atoms with Crippen molar-refractivity contribution in [2.24, 2.45) is 0 Å². The predicted molar refractivity (Wildman–Crippen MR) is 71.0 cm³/mol. The molecule has 17 heavy (non-hydrogen) atoms. The second-order valence-corrected chi connectivity index (χ2v) is 5.48. The fourth-order valence-electron chi connectivity index (χ4n) is 2.67. The molecule has 1 aliphatic carbocycles. The van der Waals surface area contributed by atoms with Crippen LogP contribution in [0.5, 0.6) is 0 Å². The Morgan fingerprint density at radius 3 is 2.18 bits per heavy atom. The number of aliphatic hydroxyl groups is 1. The van der Waals surface area contributed by atoms with Crippen LogP contribution in [0.4, 0.5) is 0 Å². The van der Waals surface area contributed by atoms with E-state index in [1.807, 2.05) is 0 Å². The lowest BCUT2D eigenvalue weighted by atomic mass is 9.82. The smallest absolute Gasteiger partial charge is 0.0540 e. The molecule has 2 nitrogen and oxygen atoms in total. The van der Waals surface area contributed by atoms with Gasteiger partial charge in [-0.05, 0) is 56.8 Å². The zero-order valence-electron chi connectivity index (χ0n) is 10.9. The second-order valence-electron chi connectivity index (χ2n) is 5.48. The molecule has 1 N–H and O–H groups in total. The minimum Gasteiger partial charge on any atom is -0.393 e. The Morgan fingerprint density at radius 2 is 1.65 bits per heavy atom. The highest BCUT2D eigenvalue weighted by Gasteiger charge is 2.20. The summed E-state index contributed by atoms with van der Waals surface area (Å²) in [5, 5.41) is 9.51. The van der Waals surface area contributed by atoms with Crippen LogP contribution in [0.15, 0.2) is 24.3 Å². The van der Waals surface area contributed by atoms with Crippen molar-refractivity contribution in [1.29, 1.82) is 0 Å². The summed E-state index contributed by atoms with van der Waals surface area (Å²) in [6.45, 7) is 1.00. The van der Waals surface area contributed by atoms with E-state index >= 15 is 0 Å². The van der Waals surface area contributed by atoms with E-state index in [-0.39, 0.29) is 6.10 Å². The lowest BCUT2D eigenvalue weighted by Gasteiger charge is -2.25. The zero-order chi connectivity index (χ0) is 12.3. The monoisotopic (exact) mass is 233 g/mol. The Morgan fingerprint density at radius 1 is 1.06 bits per heavy atom. The fourth-order valence-corrected chi connectivity index (χ4v) is 2.67. The van der Waals surface area contributed by atoms with Crippen LogP contribution in [0.2, 0.25) is 0 Å². The van der Waals surface area contributed by atoms with E-state index in [4.69, 9.17) is 0 Å². The van der Waals surface area contributed by atoms with Gasteiger partial charge in [0.25, 0.3) is 0 Å². The van der Waals surface area contributed by atoms with Crippen molar-refractivity contribution < 1.29 is 5.11 Å². The molecule has 94 valence electrons. The van der Waals surface area contributed by atoms with Crippen LogP contribution in [0.3, 0.4) is 0 Å². The molecule has 0 atom stereocenters. The first kappa shape index (κ1) is 12.6. The molecular formula is C15H23NO. The molecule has 0 heterocycles. The Balaban J connectivity index is 1.97. The van der Waals surface area contributed by atoms with Crippen LogP contribution in [-0.4, -0.2) is 30.2 Å². The molecule has 0 spiro atoms. The van der Waals surface area contributed by atoms with Gasteiger partial charge in [-0.1, -0.05) is 24.3 Å². The SMILES string of the molecule is CN(C)Cc1ccc(C2CCC(O)CC2)cc1. The van der Waals surface area contributed by atoms with Crippen molar-refractivity contribution in [2.45, 2.75) is 44.2 Å². The molecule has 1 fully saturated rings. The van der Waals surface area contributed by atoms with Gasteiger partial charge in [-0.25, -0.2) is 0 Å². The minimum absolute atomic E-state index is 0.0562. The normalized spacial score (nSPS) is 25.2. The third kappa shape index (κ3) is 3.55. The largest absolute Gasteiger partial charge is 0.393 e. The van der Waals surface area contributed by atoms with Crippen LogP contribution in [0, 0.1) is 0 Å². The molecule has 1 aromatic carbocycles. The highest BCUT2D eigenvalue weighted by Crippen LogP contribution is 2.32. The Bertz CT molecular complexity index is 336. The Labute approximate surface area is 104 Å². The van der Waals surface area contributed by atoms with Gasteiger partial charge in [0.05, 0.1) is 6.10 Å². The zero-order valence-corrected chi connectivity index (χ0v) is 10.9. The van der Waals surface area contributed by atoms with E-state index in [2.05, 4.69) is 43.3 Å². The van der Waals surface area contributed by atoms with Crippen LogP contribution in [-0.2, 0) is 6.54 Å².